The SMILES string of the molecule is Fc1c(Cl)ccc(Br)c1I. The second-order valence-corrected chi connectivity index (χ2v) is 4.00. The van der Waals surface area contributed by atoms with Gasteiger partial charge < -0.3 is 0 Å². The largest absolute Gasteiger partial charge is 0.204 e. The molecule has 0 aliphatic heterocycles. The summed E-state index contributed by atoms with van der Waals surface area (Å²) in [5, 5.41) is 0.160. The normalized spacial score (nSPS) is 10.0. The smallest absolute Gasteiger partial charge is 0.156 e. The summed E-state index contributed by atoms with van der Waals surface area (Å²) < 4.78 is 14.1. The molecule has 0 N–H and O–H groups in total. The molecule has 0 bridgehead atoms. The van der Waals surface area contributed by atoms with Crippen LogP contribution in [0.4, 0.5) is 4.39 Å². The average molecular weight is 335 g/mol. The minimum Gasteiger partial charge on any atom is -0.204 e. The molecule has 0 atom stereocenters. The third-order valence-electron chi connectivity index (χ3n) is 0.988. The molecule has 4 heteroatoms. The molecular weight excluding hydrogens is 333 g/mol. The summed E-state index contributed by atoms with van der Waals surface area (Å²) in [6, 6.07) is 3.23. The van der Waals surface area contributed by atoms with Crippen LogP contribution in [-0.2, 0) is 0 Å². The fourth-order valence-electron chi connectivity index (χ4n) is 0.502. The molecule has 0 aromatic heterocycles. The van der Waals surface area contributed by atoms with Crippen molar-refractivity contribution in [1.82, 2.24) is 0 Å². The molecule has 1 aromatic carbocycles. The summed E-state index contributed by atoms with van der Waals surface area (Å²) in [6.45, 7) is 0. The first-order chi connectivity index (χ1) is 4.63. The second-order valence-electron chi connectivity index (χ2n) is 1.66. The Morgan fingerprint density at radius 1 is 1.50 bits per heavy atom. The van der Waals surface area contributed by atoms with Gasteiger partial charge in [-0.3, -0.25) is 0 Å². The van der Waals surface area contributed by atoms with Crippen LogP contribution in [-0.4, -0.2) is 0 Å². The lowest BCUT2D eigenvalue weighted by Crippen LogP contribution is -1.83. The number of hydrogen-bond acceptors (Lipinski definition) is 0. The Kier molecular flexibility index (Phi) is 2.94. The van der Waals surface area contributed by atoms with Crippen molar-refractivity contribution < 1.29 is 4.39 Å². The van der Waals surface area contributed by atoms with E-state index < -0.39 is 0 Å². The first-order valence-electron chi connectivity index (χ1n) is 2.42. The first kappa shape index (κ1) is 8.74. The molecule has 1 rings (SSSR count). The zero-order chi connectivity index (χ0) is 7.72. The summed E-state index contributed by atoms with van der Waals surface area (Å²) in [7, 11) is 0. The first-order valence-corrected chi connectivity index (χ1v) is 4.67. The number of halogens is 4. The molecule has 10 heavy (non-hydrogen) atoms. The molecule has 0 aliphatic carbocycles. The minimum absolute atomic E-state index is 0.160. The molecule has 0 saturated heterocycles. The Labute approximate surface area is 85.0 Å². The van der Waals surface area contributed by atoms with E-state index in [9.17, 15) is 4.39 Å². The lowest BCUT2D eigenvalue weighted by atomic mass is 10.3. The predicted octanol–water partition coefficient (Wildman–Crippen LogP) is 3.85. The van der Waals surface area contributed by atoms with Crippen molar-refractivity contribution in [2.45, 2.75) is 0 Å². The van der Waals surface area contributed by atoms with Gasteiger partial charge in [0.15, 0.2) is 5.82 Å². The lowest BCUT2D eigenvalue weighted by Gasteiger charge is -1.98. The van der Waals surface area contributed by atoms with Crippen LogP contribution in [0.15, 0.2) is 16.6 Å². The van der Waals surface area contributed by atoms with Gasteiger partial charge in [-0.1, -0.05) is 11.6 Å². The summed E-state index contributed by atoms with van der Waals surface area (Å²) >= 11 is 10.5. The van der Waals surface area contributed by atoms with Gasteiger partial charge in [0.1, 0.15) is 0 Å². The van der Waals surface area contributed by atoms with E-state index in [1.807, 2.05) is 22.6 Å². The van der Waals surface area contributed by atoms with Crippen LogP contribution in [0.25, 0.3) is 0 Å². The van der Waals surface area contributed by atoms with Crippen LogP contribution in [0.2, 0.25) is 5.02 Å². The molecule has 0 heterocycles. The Balaban J connectivity index is 3.34. The van der Waals surface area contributed by atoms with Crippen molar-refractivity contribution in [3.05, 3.63) is 31.0 Å². The minimum atomic E-state index is -0.364. The van der Waals surface area contributed by atoms with Gasteiger partial charge >= 0.3 is 0 Å². The van der Waals surface area contributed by atoms with Crippen molar-refractivity contribution >= 4 is 50.1 Å². The molecule has 0 saturated carbocycles. The zero-order valence-corrected chi connectivity index (χ0v) is 9.17. The van der Waals surface area contributed by atoms with Crippen molar-refractivity contribution in [2.75, 3.05) is 0 Å². The molecule has 0 nitrogen and oxygen atoms in total. The Hall–Kier alpha value is 0.650. The van der Waals surface area contributed by atoms with Gasteiger partial charge in [0.2, 0.25) is 0 Å². The van der Waals surface area contributed by atoms with E-state index in [-0.39, 0.29) is 10.8 Å². The monoisotopic (exact) mass is 334 g/mol. The van der Waals surface area contributed by atoms with E-state index >= 15 is 0 Å². The van der Waals surface area contributed by atoms with Crippen molar-refractivity contribution in [3.63, 3.8) is 0 Å². The van der Waals surface area contributed by atoms with Crippen LogP contribution >= 0.6 is 50.1 Å². The van der Waals surface area contributed by atoms with Crippen LogP contribution in [0, 0.1) is 9.39 Å². The van der Waals surface area contributed by atoms with E-state index in [0.29, 0.717) is 3.57 Å². The summed E-state index contributed by atoms with van der Waals surface area (Å²) in [6.07, 6.45) is 0. The van der Waals surface area contributed by atoms with Gasteiger partial charge in [-0.15, -0.1) is 0 Å². The third-order valence-corrected chi connectivity index (χ3v) is 3.74. The zero-order valence-electron chi connectivity index (χ0n) is 4.67. The highest BCUT2D eigenvalue weighted by molar-refractivity contribution is 14.1. The van der Waals surface area contributed by atoms with Crippen LogP contribution < -0.4 is 0 Å². The molecule has 0 fully saturated rings. The Morgan fingerprint density at radius 2 is 2.10 bits per heavy atom. The second kappa shape index (κ2) is 3.36. The van der Waals surface area contributed by atoms with Gasteiger partial charge in [-0.25, -0.2) is 4.39 Å². The summed E-state index contributed by atoms with van der Waals surface area (Å²) in [4.78, 5) is 0. The van der Waals surface area contributed by atoms with Gasteiger partial charge in [-0.05, 0) is 50.7 Å². The molecule has 1 aromatic rings. The fraction of sp³-hybridized carbons (Fsp3) is 0. The number of rotatable bonds is 0. The molecule has 0 radical (unpaired) electrons. The van der Waals surface area contributed by atoms with E-state index in [2.05, 4.69) is 15.9 Å². The third kappa shape index (κ3) is 1.62. The molecule has 0 aliphatic rings. The quantitative estimate of drug-likeness (QED) is 0.384. The van der Waals surface area contributed by atoms with Crippen molar-refractivity contribution in [2.24, 2.45) is 0 Å². The van der Waals surface area contributed by atoms with Gasteiger partial charge in [-0.2, -0.15) is 0 Å². The highest BCUT2D eigenvalue weighted by Gasteiger charge is 2.06. The molecule has 0 spiro atoms. The summed E-state index contributed by atoms with van der Waals surface area (Å²) in [5.41, 5.74) is 0. The van der Waals surface area contributed by atoms with Crippen LogP contribution in [0.1, 0.15) is 0 Å². The highest BCUT2D eigenvalue weighted by atomic mass is 127. The van der Waals surface area contributed by atoms with Crippen LogP contribution in [0.3, 0.4) is 0 Å². The van der Waals surface area contributed by atoms with E-state index in [4.69, 9.17) is 11.6 Å². The maximum atomic E-state index is 12.8. The fourth-order valence-corrected chi connectivity index (χ4v) is 1.60. The molecule has 0 amide bonds. The average Bonchev–Trinajstić information content (AvgIpc) is 1.93. The van der Waals surface area contributed by atoms with Crippen LogP contribution in [0.5, 0.6) is 0 Å². The number of hydrogen-bond donors (Lipinski definition) is 0. The Morgan fingerprint density at radius 3 is 2.60 bits per heavy atom. The maximum Gasteiger partial charge on any atom is 0.156 e. The van der Waals surface area contributed by atoms with E-state index in [1.54, 1.807) is 6.07 Å². The molecule has 0 unspecified atom stereocenters. The van der Waals surface area contributed by atoms with Crippen molar-refractivity contribution in [3.8, 4) is 0 Å². The van der Waals surface area contributed by atoms with E-state index in [1.165, 1.54) is 6.07 Å². The van der Waals surface area contributed by atoms with Crippen molar-refractivity contribution in [1.29, 1.82) is 0 Å². The topological polar surface area (TPSA) is 0 Å². The predicted molar refractivity (Wildman–Crippen MR) is 51.8 cm³/mol. The highest BCUT2D eigenvalue weighted by Crippen LogP contribution is 2.26. The van der Waals surface area contributed by atoms with Gasteiger partial charge in [0, 0.05) is 4.47 Å². The van der Waals surface area contributed by atoms with E-state index in [0.717, 1.165) is 4.47 Å². The number of benzene rings is 1. The van der Waals surface area contributed by atoms with Gasteiger partial charge in [0.25, 0.3) is 0 Å². The lowest BCUT2D eigenvalue weighted by molar-refractivity contribution is 0.619. The maximum absolute atomic E-state index is 12.8. The molecule has 54 valence electrons. The Bertz CT molecular complexity index is 237. The standard InChI is InChI=1S/C6H2BrClFI/c7-3-1-2-4(8)5(9)6(3)10/h1-2H. The summed E-state index contributed by atoms with van der Waals surface area (Å²) in [5.74, 6) is -0.364. The van der Waals surface area contributed by atoms with Gasteiger partial charge in [0.05, 0.1) is 8.59 Å². The molecular formula is C6H2BrClFI.